The lowest BCUT2D eigenvalue weighted by molar-refractivity contribution is 0.591. The average Bonchev–Trinajstić information content (AvgIpc) is 3.64. The molecule has 0 bridgehead atoms. The van der Waals surface area contributed by atoms with E-state index in [0.717, 1.165) is 38.8 Å². The van der Waals surface area contributed by atoms with Crippen molar-refractivity contribution in [2.24, 2.45) is 0 Å². The molecule has 0 amide bonds. The number of hydrogen-bond donors (Lipinski definition) is 0. The molecule has 51 heavy (non-hydrogen) atoms. The van der Waals surface area contributed by atoms with Gasteiger partial charge in [-0.25, -0.2) is 0 Å². The molecule has 7 aromatic carbocycles. The first-order valence-electron chi connectivity index (χ1n) is 17.9. The quantitative estimate of drug-likeness (QED) is 0.183. The number of anilines is 3. The van der Waals surface area contributed by atoms with Crippen molar-refractivity contribution in [1.29, 1.82) is 0 Å². The molecule has 0 radical (unpaired) electrons. The van der Waals surface area contributed by atoms with Gasteiger partial charge in [-0.05, 0) is 104 Å². The van der Waals surface area contributed by atoms with E-state index < -0.39 is 0 Å². The molecule has 0 unspecified atom stereocenters. The molecule has 1 aliphatic carbocycles. The van der Waals surface area contributed by atoms with Gasteiger partial charge in [0.2, 0.25) is 0 Å². The van der Waals surface area contributed by atoms with Gasteiger partial charge in [-0.1, -0.05) is 144 Å². The Morgan fingerprint density at radius 1 is 0.490 bits per heavy atom. The Morgan fingerprint density at radius 2 is 1.12 bits per heavy atom. The molecule has 0 atom stereocenters. The fourth-order valence-electron chi connectivity index (χ4n) is 8.26. The van der Waals surface area contributed by atoms with Gasteiger partial charge in [0.05, 0.1) is 5.69 Å². The predicted octanol–water partition coefficient (Wildman–Crippen LogP) is 14.0. The summed E-state index contributed by atoms with van der Waals surface area (Å²) in [7, 11) is 0. The lowest BCUT2D eigenvalue weighted by atomic mass is 9.80. The monoisotopic (exact) mass is 659 g/mol. The maximum atomic E-state index is 6.26. The molecule has 8 aromatic rings. The molecular weight excluding hydrogens is 619 g/mol. The first-order chi connectivity index (χ1) is 24.7. The minimum absolute atomic E-state index is 0.114. The highest BCUT2D eigenvalue weighted by Crippen LogP contribution is 2.55. The third-order valence-electron chi connectivity index (χ3n) is 10.8. The molecule has 0 saturated heterocycles. The second-order valence-corrected chi connectivity index (χ2v) is 15.4. The van der Waals surface area contributed by atoms with Crippen LogP contribution in [0.25, 0.3) is 55.3 Å². The molecule has 0 spiro atoms. The zero-order valence-corrected chi connectivity index (χ0v) is 29.9. The molecule has 1 aromatic heterocycles. The van der Waals surface area contributed by atoms with Crippen LogP contribution in [0.3, 0.4) is 0 Å². The molecule has 0 N–H and O–H groups in total. The fourth-order valence-corrected chi connectivity index (χ4v) is 8.26. The SMILES string of the molecule is CC(C)(C)c1cc(-c2ccccc2)ccc1N(c1ccc(-c2ccc3c(c2)oc2ccccc23)cc1)c1cccc2c1C(C)(C)c1ccccc1-2. The van der Waals surface area contributed by atoms with Gasteiger partial charge in [-0.2, -0.15) is 0 Å². The highest BCUT2D eigenvalue weighted by atomic mass is 16.3. The van der Waals surface area contributed by atoms with Gasteiger partial charge < -0.3 is 9.32 Å². The molecule has 1 aliphatic rings. The minimum atomic E-state index is -0.172. The highest BCUT2D eigenvalue weighted by Gasteiger charge is 2.39. The van der Waals surface area contributed by atoms with Crippen molar-refractivity contribution in [3.63, 3.8) is 0 Å². The van der Waals surface area contributed by atoms with Crippen LogP contribution in [0.1, 0.15) is 51.3 Å². The van der Waals surface area contributed by atoms with Gasteiger partial charge in [0.25, 0.3) is 0 Å². The zero-order chi connectivity index (χ0) is 34.9. The van der Waals surface area contributed by atoms with Gasteiger partial charge in [-0.15, -0.1) is 0 Å². The maximum absolute atomic E-state index is 6.26. The number of benzene rings is 7. The molecule has 0 saturated carbocycles. The van der Waals surface area contributed by atoms with Crippen LogP contribution in [0.5, 0.6) is 0 Å². The van der Waals surface area contributed by atoms with E-state index in [1.807, 2.05) is 12.1 Å². The van der Waals surface area contributed by atoms with Crippen molar-refractivity contribution in [2.45, 2.75) is 45.4 Å². The van der Waals surface area contributed by atoms with Crippen LogP contribution in [-0.2, 0) is 10.8 Å². The summed E-state index contributed by atoms with van der Waals surface area (Å²) in [6.45, 7) is 11.7. The summed E-state index contributed by atoms with van der Waals surface area (Å²) in [5.74, 6) is 0. The Bertz CT molecular complexity index is 2580. The van der Waals surface area contributed by atoms with Crippen LogP contribution >= 0.6 is 0 Å². The van der Waals surface area contributed by atoms with E-state index in [2.05, 4.69) is 185 Å². The number of fused-ring (bicyclic) bond motifs is 6. The number of hydrogen-bond acceptors (Lipinski definition) is 2. The minimum Gasteiger partial charge on any atom is -0.456 e. The summed E-state index contributed by atoms with van der Waals surface area (Å²) in [5.41, 5.74) is 16.5. The maximum Gasteiger partial charge on any atom is 0.136 e. The van der Waals surface area contributed by atoms with Crippen molar-refractivity contribution in [1.82, 2.24) is 0 Å². The second-order valence-electron chi connectivity index (χ2n) is 15.4. The molecule has 0 fully saturated rings. The van der Waals surface area contributed by atoms with Crippen LogP contribution < -0.4 is 4.90 Å². The van der Waals surface area contributed by atoms with E-state index in [9.17, 15) is 0 Å². The predicted molar refractivity (Wildman–Crippen MR) is 216 cm³/mol. The largest absolute Gasteiger partial charge is 0.456 e. The molecular formula is C49H41NO. The molecule has 2 heteroatoms. The smallest absolute Gasteiger partial charge is 0.136 e. The third-order valence-corrected chi connectivity index (χ3v) is 10.8. The number of para-hydroxylation sites is 1. The molecule has 248 valence electrons. The lowest BCUT2D eigenvalue weighted by Crippen LogP contribution is -2.23. The fraction of sp³-hybridized carbons (Fsp3) is 0.143. The van der Waals surface area contributed by atoms with E-state index in [-0.39, 0.29) is 10.8 Å². The van der Waals surface area contributed by atoms with Crippen molar-refractivity contribution < 1.29 is 4.42 Å². The van der Waals surface area contributed by atoms with Crippen LogP contribution in [0, 0.1) is 0 Å². The van der Waals surface area contributed by atoms with Crippen LogP contribution in [0.15, 0.2) is 162 Å². The van der Waals surface area contributed by atoms with Crippen LogP contribution in [0.2, 0.25) is 0 Å². The van der Waals surface area contributed by atoms with Crippen molar-refractivity contribution in [2.75, 3.05) is 4.90 Å². The van der Waals surface area contributed by atoms with Gasteiger partial charge in [-0.3, -0.25) is 0 Å². The number of nitrogens with zero attached hydrogens (tertiary/aromatic N) is 1. The van der Waals surface area contributed by atoms with Gasteiger partial charge >= 0.3 is 0 Å². The van der Waals surface area contributed by atoms with E-state index in [0.29, 0.717) is 0 Å². The Balaban J connectivity index is 1.23. The Morgan fingerprint density at radius 3 is 1.92 bits per heavy atom. The topological polar surface area (TPSA) is 16.4 Å². The van der Waals surface area contributed by atoms with Crippen molar-refractivity contribution in [3.05, 3.63) is 174 Å². The average molecular weight is 660 g/mol. The standard InChI is InChI=1S/C49H41NO/c1-48(2,3)42-30-34(32-14-7-6-8-15-32)25-29-43(42)50(44-20-13-18-40-37-16-9-11-19-41(37)49(4,5)47(40)44)36-26-22-33(23-27-36)35-24-28-39-38-17-10-12-21-45(38)51-46(39)31-35/h6-31H,1-5H3. The van der Waals surface area contributed by atoms with E-state index in [4.69, 9.17) is 4.42 Å². The summed E-state index contributed by atoms with van der Waals surface area (Å²) in [4.78, 5) is 2.51. The Kier molecular flexibility index (Phi) is 7.09. The number of furan rings is 1. The van der Waals surface area contributed by atoms with E-state index in [1.54, 1.807) is 0 Å². The second kappa shape index (κ2) is 11.6. The summed E-state index contributed by atoms with van der Waals surface area (Å²) in [5, 5.41) is 2.30. The van der Waals surface area contributed by atoms with Crippen LogP contribution in [0.4, 0.5) is 17.1 Å². The number of rotatable bonds is 5. The summed E-state index contributed by atoms with van der Waals surface area (Å²) >= 11 is 0. The molecule has 9 rings (SSSR count). The first-order valence-corrected chi connectivity index (χ1v) is 17.9. The van der Waals surface area contributed by atoms with Gasteiger partial charge in [0, 0.05) is 27.6 Å². The first kappa shape index (κ1) is 31.1. The van der Waals surface area contributed by atoms with Crippen LogP contribution in [-0.4, -0.2) is 0 Å². The van der Waals surface area contributed by atoms with Gasteiger partial charge in [0.1, 0.15) is 11.2 Å². The molecule has 1 heterocycles. The zero-order valence-electron chi connectivity index (χ0n) is 29.9. The van der Waals surface area contributed by atoms with Crippen molar-refractivity contribution >= 4 is 39.0 Å². The third kappa shape index (κ3) is 5.09. The summed E-state index contributed by atoms with van der Waals surface area (Å²) < 4.78 is 6.26. The Hall–Kier alpha value is -5.86. The van der Waals surface area contributed by atoms with E-state index >= 15 is 0 Å². The van der Waals surface area contributed by atoms with Crippen molar-refractivity contribution in [3.8, 4) is 33.4 Å². The lowest BCUT2D eigenvalue weighted by Gasteiger charge is -2.36. The summed E-state index contributed by atoms with van der Waals surface area (Å²) in [6, 6.07) is 57.4. The molecule has 0 aliphatic heterocycles. The highest BCUT2D eigenvalue weighted by molar-refractivity contribution is 6.06. The van der Waals surface area contributed by atoms with Gasteiger partial charge in [0.15, 0.2) is 0 Å². The summed E-state index contributed by atoms with van der Waals surface area (Å²) in [6.07, 6.45) is 0. The normalized spacial score (nSPS) is 13.4. The molecule has 2 nitrogen and oxygen atoms in total. The van der Waals surface area contributed by atoms with E-state index in [1.165, 1.54) is 50.3 Å². The Labute approximate surface area is 300 Å².